The Hall–Kier alpha value is -8.16. The van der Waals surface area contributed by atoms with Gasteiger partial charge in [-0.05, 0) is 120 Å². The zero-order valence-electron chi connectivity index (χ0n) is 36.6. The van der Waals surface area contributed by atoms with Crippen molar-refractivity contribution in [2.75, 3.05) is 0 Å². The number of aromatic nitrogens is 20. The first-order valence-electron chi connectivity index (χ1n) is 20.5. The van der Waals surface area contributed by atoms with Crippen molar-refractivity contribution in [1.29, 1.82) is 0 Å². The van der Waals surface area contributed by atoms with Crippen LogP contribution in [-0.2, 0) is 68.3 Å². The molecular formula is C48H32Cu4N20. The van der Waals surface area contributed by atoms with Gasteiger partial charge in [-0.2, -0.15) is 0 Å². The van der Waals surface area contributed by atoms with E-state index in [0.29, 0.717) is 92.1 Å². The standard InChI is InChI=1S/4C12H8N5.4Cu/c4*1-3-7-13-9(5-1)11-15-12(17-16-11)10-6-2-4-8-14-10;;;;/h4*1-8H;;;;/q4*-1;4*+1. The largest absolute Gasteiger partial charge is 1.00 e. The second-order valence-corrected chi connectivity index (χ2v) is 13.6. The third-order valence-electron chi connectivity index (χ3n) is 8.96. The Morgan fingerprint density at radius 3 is 0.528 bits per heavy atom. The SMILES string of the molecule is [Cu+].[Cu+].[Cu+].[Cu+].c1ccc(-c2n[n-]c(-c3ccccn3)n2)nc1.c1ccc(-c2n[n-]c(-c3ccccn3)n2)nc1.c1ccc(-c2n[n-]c(-c3ccccn3)n2)nc1.c1ccc(-c2n[n-]c(-c3ccccn3)n2)nc1. The topological polar surface area (TPSA) is 263 Å². The first-order chi connectivity index (χ1) is 33.7. The minimum atomic E-state index is 0. The maximum absolute atomic E-state index is 4.30. The predicted molar refractivity (Wildman–Crippen MR) is 247 cm³/mol. The maximum Gasteiger partial charge on any atom is 1.00 e. The molecule has 0 fully saturated rings. The summed E-state index contributed by atoms with van der Waals surface area (Å²) in [6.07, 6.45) is 13.6. The van der Waals surface area contributed by atoms with E-state index in [2.05, 4.69) is 101 Å². The third-order valence-corrected chi connectivity index (χ3v) is 8.96. The molecule has 368 valence electrons. The van der Waals surface area contributed by atoms with Gasteiger partial charge in [-0.25, -0.2) is 0 Å². The summed E-state index contributed by atoms with van der Waals surface area (Å²) < 4.78 is 0. The fourth-order valence-electron chi connectivity index (χ4n) is 5.79. The van der Waals surface area contributed by atoms with Crippen LogP contribution in [0.15, 0.2) is 195 Å². The van der Waals surface area contributed by atoms with Crippen LogP contribution in [0.2, 0.25) is 0 Å². The predicted octanol–water partition coefficient (Wildman–Crippen LogP) is 6.22. The van der Waals surface area contributed by atoms with Gasteiger partial charge in [0.15, 0.2) is 0 Å². The van der Waals surface area contributed by atoms with E-state index in [1.165, 1.54) is 0 Å². The van der Waals surface area contributed by atoms with E-state index in [1.807, 2.05) is 146 Å². The summed E-state index contributed by atoms with van der Waals surface area (Å²) in [6.45, 7) is 0. The molecule has 0 amide bonds. The van der Waals surface area contributed by atoms with E-state index in [-0.39, 0.29) is 68.3 Å². The fraction of sp³-hybridized carbons (Fsp3) is 0. The van der Waals surface area contributed by atoms with Crippen molar-refractivity contribution in [3.63, 3.8) is 0 Å². The molecule has 12 aromatic heterocycles. The minimum absolute atomic E-state index is 0. The summed E-state index contributed by atoms with van der Waals surface area (Å²) in [7, 11) is 0. The summed E-state index contributed by atoms with van der Waals surface area (Å²) in [5, 5.41) is 32.0. The number of hydrogen-bond donors (Lipinski definition) is 0. The molecule has 0 unspecified atom stereocenters. The van der Waals surface area contributed by atoms with Crippen LogP contribution in [0.5, 0.6) is 0 Å². The molecule has 0 aliphatic heterocycles. The normalized spacial score (nSPS) is 9.78. The Labute approximate surface area is 453 Å². The zero-order chi connectivity index (χ0) is 46.0. The second kappa shape index (κ2) is 28.5. The zero-order valence-corrected chi connectivity index (χ0v) is 40.4. The monoisotopic (exact) mass is 1140 g/mol. The molecule has 0 N–H and O–H groups in total. The van der Waals surface area contributed by atoms with Crippen LogP contribution in [0, 0.1) is 0 Å². The summed E-state index contributed by atoms with van der Waals surface area (Å²) in [5.41, 5.74) is 5.68. The fourth-order valence-corrected chi connectivity index (χ4v) is 5.79. The molecule has 0 aromatic carbocycles. The van der Waals surface area contributed by atoms with Gasteiger partial charge in [0.1, 0.15) is 0 Å². The summed E-state index contributed by atoms with van der Waals surface area (Å²) in [5.74, 6) is 4.16. The van der Waals surface area contributed by atoms with Crippen LogP contribution in [0.1, 0.15) is 0 Å². The van der Waals surface area contributed by atoms with Gasteiger partial charge in [-0.15, -0.1) is 0 Å². The molecule has 0 aliphatic rings. The third kappa shape index (κ3) is 14.9. The molecule has 0 radical (unpaired) electrons. The molecule has 24 heteroatoms. The number of hydrogen-bond acceptors (Lipinski definition) is 16. The van der Waals surface area contributed by atoms with Crippen LogP contribution in [0.4, 0.5) is 0 Å². The molecule has 0 bridgehead atoms. The van der Waals surface area contributed by atoms with Gasteiger partial charge in [0.05, 0.1) is 68.8 Å². The van der Waals surface area contributed by atoms with Crippen LogP contribution in [0.3, 0.4) is 0 Å². The molecule has 12 heterocycles. The average molecular weight is 1140 g/mol. The molecule has 12 rings (SSSR count). The smallest absolute Gasteiger partial charge is 0.415 e. The second-order valence-electron chi connectivity index (χ2n) is 13.6. The van der Waals surface area contributed by atoms with Crippen molar-refractivity contribution in [2.24, 2.45) is 0 Å². The van der Waals surface area contributed by atoms with E-state index in [0.717, 1.165) is 0 Å². The van der Waals surface area contributed by atoms with E-state index in [9.17, 15) is 0 Å². The first kappa shape index (κ1) is 54.8. The maximum atomic E-state index is 4.30. The quantitative estimate of drug-likeness (QED) is 0.153. The molecule has 20 nitrogen and oxygen atoms in total. The number of rotatable bonds is 8. The van der Waals surface area contributed by atoms with Crippen molar-refractivity contribution >= 4 is 0 Å². The van der Waals surface area contributed by atoms with Crippen molar-refractivity contribution in [3.8, 4) is 92.1 Å². The first-order valence-corrected chi connectivity index (χ1v) is 20.5. The van der Waals surface area contributed by atoms with Crippen molar-refractivity contribution in [3.05, 3.63) is 195 Å². The average Bonchev–Trinajstić information content (AvgIpc) is 4.30. The van der Waals surface area contributed by atoms with Crippen LogP contribution < -0.4 is 20.4 Å². The van der Waals surface area contributed by atoms with E-state index < -0.39 is 0 Å². The molecule has 72 heavy (non-hydrogen) atoms. The molecule has 12 aromatic rings. The Balaban J connectivity index is 0.000000175. The van der Waals surface area contributed by atoms with Crippen LogP contribution in [0.25, 0.3) is 92.1 Å². The minimum Gasteiger partial charge on any atom is -0.415 e. The molecule has 0 saturated carbocycles. The van der Waals surface area contributed by atoms with Crippen molar-refractivity contribution in [1.82, 2.24) is 101 Å². The summed E-state index contributed by atoms with van der Waals surface area (Å²) >= 11 is 0. The van der Waals surface area contributed by atoms with Gasteiger partial charge in [-0.3, -0.25) is 60.3 Å². The van der Waals surface area contributed by atoms with Crippen LogP contribution >= 0.6 is 0 Å². The van der Waals surface area contributed by atoms with E-state index in [4.69, 9.17) is 0 Å². The number of pyridine rings is 8. The molecule has 0 spiro atoms. The van der Waals surface area contributed by atoms with E-state index >= 15 is 0 Å². The van der Waals surface area contributed by atoms with Gasteiger partial charge in [-0.1, -0.05) is 48.5 Å². The molecule has 0 aliphatic carbocycles. The summed E-state index contributed by atoms with van der Waals surface area (Å²) in [4.78, 5) is 50.6. The molecular weight excluding hydrogens is 1110 g/mol. The van der Waals surface area contributed by atoms with Gasteiger partial charge in [0, 0.05) is 49.6 Å². The Morgan fingerprint density at radius 2 is 0.375 bits per heavy atom. The molecule has 0 atom stereocenters. The van der Waals surface area contributed by atoms with Crippen molar-refractivity contribution in [2.45, 2.75) is 0 Å². The summed E-state index contributed by atoms with van der Waals surface area (Å²) in [6, 6.07) is 44.6. The van der Waals surface area contributed by atoms with Gasteiger partial charge in [0.2, 0.25) is 0 Å². The van der Waals surface area contributed by atoms with E-state index in [1.54, 1.807) is 49.6 Å². The van der Waals surface area contributed by atoms with Crippen molar-refractivity contribution < 1.29 is 68.3 Å². The number of nitrogens with zero attached hydrogens (tertiary/aromatic N) is 20. The molecule has 0 saturated heterocycles. The Bertz CT molecular complexity index is 2670. The van der Waals surface area contributed by atoms with Crippen LogP contribution in [-0.4, -0.2) is 80.2 Å². The van der Waals surface area contributed by atoms with Gasteiger partial charge >= 0.3 is 68.3 Å². The van der Waals surface area contributed by atoms with Gasteiger partial charge < -0.3 is 40.3 Å². The van der Waals surface area contributed by atoms with Gasteiger partial charge in [0.25, 0.3) is 0 Å². The Kier molecular flexibility index (Phi) is 21.7. The Morgan fingerprint density at radius 1 is 0.208 bits per heavy atom.